The Morgan fingerprint density at radius 1 is 1.19 bits per heavy atom. The third-order valence-electron chi connectivity index (χ3n) is 8.58. The van der Waals surface area contributed by atoms with Crippen LogP contribution in [-0.4, -0.2) is 24.5 Å². The van der Waals surface area contributed by atoms with E-state index in [1.54, 1.807) is 0 Å². The fraction of sp³-hybridized carbons (Fsp3) is 0.826. The lowest BCUT2D eigenvalue weighted by atomic mass is 9.45. The normalized spacial score (nSPS) is 40.5. The number of hydrogen-bond donors (Lipinski definition) is 1. The van der Waals surface area contributed by atoms with Crippen molar-refractivity contribution < 1.29 is 14.3 Å². The van der Waals surface area contributed by atoms with E-state index in [0.29, 0.717) is 27.7 Å². The topological polar surface area (TPSA) is 55.4 Å². The molecule has 1 amide bonds. The summed E-state index contributed by atoms with van der Waals surface area (Å²) in [4.78, 5) is 23.7. The highest BCUT2D eigenvalue weighted by Crippen LogP contribution is 2.72. The molecule has 4 rings (SSSR count). The number of nitrogens with one attached hydrogen (secondary N) is 1. The molecule has 0 aromatic heterocycles. The van der Waals surface area contributed by atoms with Gasteiger partial charge in [-0.3, -0.25) is 4.79 Å². The average molecular weight is 374 g/mol. The van der Waals surface area contributed by atoms with Gasteiger partial charge in [0.15, 0.2) is 0 Å². The van der Waals surface area contributed by atoms with Gasteiger partial charge in [-0.25, -0.2) is 4.79 Å². The van der Waals surface area contributed by atoms with Crippen LogP contribution in [-0.2, 0) is 14.3 Å². The second-order valence-electron chi connectivity index (χ2n) is 10.6. The van der Waals surface area contributed by atoms with Gasteiger partial charge < -0.3 is 10.1 Å². The predicted octanol–water partition coefficient (Wildman–Crippen LogP) is 4.39. The Hall–Kier alpha value is -1.32. The van der Waals surface area contributed by atoms with Crippen LogP contribution in [0.25, 0.3) is 0 Å². The monoisotopic (exact) mass is 373 g/mol. The van der Waals surface area contributed by atoms with E-state index in [4.69, 9.17) is 4.74 Å². The maximum Gasteiger partial charge on any atom is 0.336 e. The summed E-state index contributed by atoms with van der Waals surface area (Å²) in [5, 5.41) is 2.87. The molecule has 0 aromatic rings. The zero-order valence-corrected chi connectivity index (χ0v) is 17.4. The zero-order chi connectivity index (χ0) is 19.4. The predicted molar refractivity (Wildman–Crippen MR) is 105 cm³/mol. The molecule has 0 bridgehead atoms. The molecule has 3 aliphatic carbocycles. The minimum atomic E-state index is -0.278. The first kappa shape index (κ1) is 19.0. The van der Waals surface area contributed by atoms with Gasteiger partial charge in [0.05, 0.1) is 11.6 Å². The van der Waals surface area contributed by atoms with Crippen molar-refractivity contribution in [2.24, 2.45) is 28.1 Å². The van der Waals surface area contributed by atoms with E-state index in [1.165, 1.54) is 51.9 Å². The summed E-state index contributed by atoms with van der Waals surface area (Å²) in [6.45, 7) is 9.25. The Balaban J connectivity index is 1.61. The van der Waals surface area contributed by atoms with E-state index >= 15 is 0 Å². The lowest BCUT2D eigenvalue weighted by Gasteiger charge is -2.60. The maximum atomic E-state index is 12.2. The summed E-state index contributed by atoms with van der Waals surface area (Å²) < 4.78 is 5.23. The summed E-state index contributed by atoms with van der Waals surface area (Å²) >= 11 is 0. The largest absolute Gasteiger partial charge is 0.460 e. The fourth-order valence-corrected chi connectivity index (χ4v) is 7.20. The van der Waals surface area contributed by atoms with Crippen LogP contribution in [0.3, 0.4) is 0 Å². The van der Waals surface area contributed by atoms with Crippen LogP contribution in [0, 0.1) is 28.1 Å². The number of allylic oxidation sites excluding steroid dienone is 1. The number of rotatable bonds is 3. The molecule has 4 aliphatic rings. The highest BCUT2D eigenvalue weighted by molar-refractivity contribution is 5.93. The molecule has 1 heterocycles. The van der Waals surface area contributed by atoms with E-state index in [0.717, 1.165) is 12.3 Å². The van der Waals surface area contributed by atoms with Crippen molar-refractivity contribution in [3.05, 3.63) is 11.6 Å². The summed E-state index contributed by atoms with van der Waals surface area (Å²) in [5.41, 5.74) is 1.95. The zero-order valence-electron chi connectivity index (χ0n) is 17.4. The highest BCUT2D eigenvalue weighted by Gasteiger charge is 2.63. The van der Waals surface area contributed by atoms with Gasteiger partial charge in [0.1, 0.15) is 6.61 Å². The number of esters is 1. The molecule has 4 heteroatoms. The average Bonchev–Trinajstić information content (AvgIpc) is 3.25. The minimum absolute atomic E-state index is 0.110. The summed E-state index contributed by atoms with van der Waals surface area (Å²) in [6, 6.07) is -0.278. The Morgan fingerprint density at radius 2 is 1.93 bits per heavy atom. The second kappa shape index (κ2) is 6.35. The number of fused-ring (bicyclic) bond motifs is 1. The molecule has 4 atom stereocenters. The van der Waals surface area contributed by atoms with Crippen LogP contribution in [0.2, 0.25) is 0 Å². The van der Waals surface area contributed by atoms with Gasteiger partial charge in [-0.15, -0.1) is 0 Å². The first-order valence-electron chi connectivity index (χ1n) is 10.8. The molecule has 1 aliphatic heterocycles. The first-order valence-corrected chi connectivity index (χ1v) is 10.8. The molecular formula is C23H35NO3. The molecule has 4 nitrogen and oxygen atoms in total. The van der Waals surface area contributed by atoms with Crippen molar-refractivity contribution >= 4 is 11.9 Å². The van der Waals surface area contributed by atoms with Gasteiger partial charge in [0, 0.05) is 6.92 Å². The van der Waals surface area contributed by atoms with E-state index in [2.05, 4.69) is 32.2 Å². The molecule has 1 spiro atoms. The number of carbonyl (C=O) groups excluding carboxylic acids is 2. The lowest BCUT2D eigenvalue weighted by molar-refractivity contribution is -0.135. The first-order chi connectivity index (χ1) is 12.7. The van der Waals surface area contributed by atoms with Crippen LogP contribution in [0.1, 0.15) is 79.1 Å². The summed E-state index contributed by atoms with van der Waals surface area (Å²) in [5.74, 6) is 1.05. The Bertz CT molecular complexity index is 675. The Labute approximate surface area is 163 Å². The molecular weight excluding hydrogens is 338 g/mol. The molecule has 27 heavy (non-hydrogen) atoms. The Kier molecular flexibility index (Phi) is 4.47. The van der Waals surface area contributed by atoms with Crippen molar-refractivity contribution in [3.63, 3.8) is 0 Å². The van der Waals surface area contributed by atoms with Crippen LogP contribution in [0.4, 0.5) is 0 Å². The molecule has 0 aromatic carbocycles. The Morgan fingerprint density at radius 3 is 2.59 bits per heavy atom. The number of amides is 1. The van der Waals surface area contributed by atoms with Crippen LogP contribution in [0.15, 0.2) is 11.6 Å². The van der Waals surface area contributed by atoms with Gasteiger partial charge >= 0.3 is 5.97 Å². The van der Waals surface area contributed by atoms with Crippen LogP contribution < -0.4 is 5.32 Å². The number of cyclic esters (lactones) is 1. The fourth-order valence-electron chi connectivity index (χ4n) is 7.20. The number of ether oxygens (including phenoxy) is 1. The van der Waals surface area contributed by atoms with Crippen molar-refractivity contribution in [2.75, 3.05) is 6.61 Å². The smallest absolute Gasteiger partial charge is 0.336 e. The van der Waals surface area contributed by atoms with E-state index < -0.39 is 0 Å². The van der Waals surface area contributed by atoms with Gasteiger partial charge in [-0.2, -0.15) is 0 Å². The number of carbonyl (C=O) groups is 2. The van der Waals surface area contributed by atoms with Crippen molar-refractivity contribution in [1.29, 1.82) is 0 Å². The maximum absolute atomic E-state index is 12.2. The standard InChI is InChI=1S/C23H35NO3/c1-15(25)24-17-14-27-20(26)16(17)6-7-19-22(4)10-5-9-21(2,3)18(22)8-11-23(19)12-13-23/h6,17-19H,5,7-14H2,1-4H3,(H,24,25)/b16-6-/t17-,18+,19-,22+/m1/s1. The van der Waals surface area contributed by atoms with Crippen LogP contribution >= 0.6 is 0 Å². The third-order valence-corrected chi connectivity index (χ3v) is 8.58. The highest BCUT2D eigenvalue weighted by atomic mass is 16.5. The molecule has 3 saturated carbocycles. The molecule has 1 N–H and O–H groups in total. The molecule has 1 saturated heterocycles. The molecule has 150 valence electrons. The van der Waals surface area contributed by atoms with Crippen molar-refractivity contribution in [1.82, 2.24) is 5.32 Å². The van der Waals surface area contributed by atoms with Gasteiger partial charge in [0.2, 0.25) is 5.91 Å². The molecule has 0 unspecified atom stereocenters. The second-order valence-corrected chi connectivity index (χ2v) is 10.6. The SMILES string of the molecule is CC(=O)N[C@@H]1COC(=O)/C1=C\C[C@H]1C2(CC[C@H]3C(C)(C)CCC[C@@]31C)CC2. The summed E-state index contributed by atoms with van der Waals surface area (Å²) in [7, 11) is 0. The van der Waals surface area contributed by atoms with Crippen molar-refractivity contribution in [2.45, 2.75) is 85.1 Å². The van der Waals surface area contributed by atoms with Crippen LogP contribution in [0.5, 0.6) is 0 Å². The van der Waals surface area contributed by atoms with E-state index in [9.17, 15) is 9.59 Å². The van der Waals surface area contributed by atoms with E-state index in [-0.39, 0.29) is 24.5 Å². The lowest BCUT2D eigenvalue weighted by Crippen LogP contribution is -2.52. The van der Waals surface area contributed by atoms with Gasteiger partial charge in [-0.1, -0.05) is 33.3 Å². The molecule has 0 radical (unpaired) electrons. The van der Waals surface area contributed by atoms with Gasteiger partial charge in [-0.05, 0) is 73.0 Å². The quantitative estimate of drug-likeness (QED) is 0.590. The molecule has 4 fully saturated rings. The van der Waals surface area contributed by atoms with Crippen molar-refractivity contribution in [3.8, 4) is 0 Å². The van der Waals surface area contributed by atoms with E-state index in [1.807, 2.05) is 0 Å². The summed E-state index contributed by atoms with van der Waals surface area (Å²) in [6.07, 6.45) is 12.5. The van der Waals surface area contributed by atoms with Gasteiger partial charge in [0.25, 0.3) is 0 Å². The third kappa shape index (κ3) is 3.13. The minimum Gasteiger partial charge on any atom is -0.460 e. The number of hydrogen-bond acceptors (Lipinski definition) is 3.